The maximum absolute atomic E-state index is 12.5. The largest absolute Gasteiger partial charge is 0.493 e. The highest BCUT2D eigenvalue weighted by molar-refractivity contribution is 5.95. The number of fused-ring (bicyclic) bond motifs is 2. The van der Waals surface area contributed by atoms with Crippen molar-refractivity contribution < 1.29 is 42.9 Å². The molecule has 2 aliphatic heterocycles. The molecule has 30 heavy (non-hydrogen) atoms. The van der Waals surface area contributed by atoms with Crippen molar-refractivity contribution in [3.63, 3.8) is 0 Å². The molecular formula is C21H28O9. The predicted octanol–water partition coefficient (Wildman–Crippen LogP) is 1.64. The van der Waals surface area contributed by atoms with E-state index in [0.29, 0.717) is 0 Å². The van der Waals surface area contributed by atoms with Gasteiger partial charge < -0.3 is 23.7 Å². The monoisotopic (exact) mass is 424 g/mol. The summed E-state index contributed by atoms with van der Waals surface area (Å²) in [5, 5.41) is 0. The lowest BCUT2D eigenvalue weighted by Crippen LogP contribution is -2.51. The third-order valence-electron chi connectivity index (χ3n) is 4.46. The van der Waals surface area contributed by atoms with Crippen LogP contribution in [0.15, 0.2) is 23.5 Å². The highest BCUT2D eigenvalue weighted by Gasteiger charge is 2.47. The second-order valence-corrected chi connectivity index (χ2v) is 8.08. The molecule has 0 spiro atoms. The Balaban J connectivity index is 2.40. The number of hydrogen-bond donors (Lipinski definition) is 0. The molecule has 0 saturated carbocycles. The Morgan fingerprint density at radius 2 is 1.57 bits per heavy atom. The zero-order chi connectivity index (χ0) is 22.6. The summed E-state index contributed by atoms with van der Waals surface area (Å²) >= 11 is 0. The van der Waals surface area contributed by atoms with E-state index in [9.17, 15) is 19.2 Å². The summed E-state index contributed by atoms with van der Waals surface area (Å²) < 4.78 is 27.6. The van der Waals surface area contributed by atoms with Crippen molar-refractivity contribution in [3.8, 4) is 0 Å². The molecule has 0 aromatic heterocycles. The van der Waals surface area contributed by atoms with Crippen molar-refractivity contribution in [2.24, 2.45) is 5.41 Å². The molecule has 0 unspecified atom stereocenters. The molecule has 2 bridgehead atoms. The minimum absolute atomic E-state index is 0.0749. The molecule has 2 aliphatic rings. The fourth-order valence-corrected chi connectivity index (χ4v) is 3.20. The smallest absolute Gasteiger partial charge is 0.303 e. The summed E-state index contributed by atoms with van der Waals surface area (Å²) in [6.07, 6.45) is -0.163. The molecule has 2 rings (SSSR count). The van der Waals surface area contributed by atoms with Crippen LogP contribution in [0.5, 0.6) is 0 Å². The second-order valence-electron chi connectivity index (χ2n) is 8.08. The second kappa shape index (κ2) is 9.42. The average molecular weight is 424 g/mol. The molecule has 2 heterocycles. The van der Waals surface area contributed by atoms with Crippen molar-refractivity contribution in [1.29, 1.82) is 0 Å². The van der Waals surface area contributed by atoms with E-state index in [0.717, 1.165) is 0 Å². The molecule has 166 valence electrons. The maximum atomic E-state index is 12.5. The fraction of sp³-hybridized carbons (Fsp3) is 0.619. The Morgan fingerprint density at radius 1 is 0.933 bits per heavy atom. The summed E-state index contributed by atoms with van der Waals surface area (Å²) in [6.45, 7) is 8.98. The van der Waals surface area contributed by atoms with E-state index in [1.54, 1.807) is 12.2 Å². The molecule has 0 fully saturated rings. The van der Waals surface area contributed by atoms with Gasteiger partial charge in [0.05, 0.1) is 18.8 Å². The molecule has 0 amide bonds. The third-order valence-corrected chi connectivity index (χ3v) is 4.46. The van der Waals surface area contributed by atoms with E-state index in [-0.39, 0.29) is 30.3 Å². The Morgan fingerprint density at radius 3 is 2.10 bits per heavy atom. The molecule has 0 aromatic carbocycles. The first-order valence-corrected chi connectivity index (χ1v) is 9.60. The standard InChI is InChI=1S/C21H28O9/c1-11(22)17-18-15(28-13(3)24)7-8-16(30-18)19(29-14(4)25)20(17)27-10-21(5,6)9-26-12(2)23/h7-8,15-16,18-19H,9-10H2,1-6H3/t15-,16-,18+,19-/m1/s1. The highest BCUT2D eigenvalue weighted by Crippen LogP contribution is 2.37. The summed E-state index contributed by atoms with van der Waals surface area (Å²) in [5.41, 5.74) is -0.448. The van der Waals surface area contributed by atoms with Crippen LogP contribution in [0.4, 0.5) is 0 Å². The maximum Gasteiger partial charge on any atom is 0.303 e. The molecule has 0 aliphatic carbocycles. The van der Waals surface area contributed by atoms with Gasteiger partial charge in [-0.05, 0) is 13.0 Å². The van der Waals surface area contributed by atoms with Crippen molar-refractivity contribution in [2.75, 3.05) is 13.2 Å². The van der Waals surface area contributed by atoms with Gasteiger partial charge >= 0.3 is 17.9 Å². The quantitative estimate of drug-likeness (QED) is 0.326. The molecule has 9 heteroatoms. The van der Waals surface area contributed by atoms with Crippen LogP contribution >= 0.6 is 0 Å². The van der Waals surface area contributed by atoms with Crippen molar-refractivity contribution in [1.82, 2.24) is 0 Å². The van der Waals surface area contributed by atoms with Crippen molar-refractivity contribution in [3.05, 3.63) is 23.5 Å². The van der Waals surface area contributed by atoms with Gasteiger partial charge in [-0.15, -0.1) is 0 Å². The number of ether oxygens (including phenoxy) is 5. The predicted molar refractivity (Wildman–Crippen MR) is 103 cm³/mol. The van der Waals surface area contributed by atoms with Crippen molar-refractivity contribution >= 4 is 23.7 Å². The first kappa shape index (κ1) is 23.6. The van der Waals surface area contributed by atoms with Gasteiger partial charge in [0.25, 0.3) is 0 Å². The van der Waals surface area contributed by atoms with Gasteiger partial charge in [-0.3, -0.25) is 19.2 Å². The van der Waals surface area contributed by atoms with Gasteiger partial charge in [-0.1, -0.05) is 19.9 Å². The molecule has 0 N–H and O–H groups in total. The van der Waals surface area contributed by atoms with Crippen LogP contribution in [0, 0.1) is 5.41 Å². The lowest BCUT2D eigenvalue weighted by molar-refractivity contribution is -0.171. The van der Waals surface area contributed by atoms with Gasteiger partial charge in [0.2, 0.25) is 0 Å². The van der Waals surface area contributed by atoms with Gasteiger partial charge in [0.15, 0.2) is 18.0 Å². The van der Waals surface area contributed by atoms with Gasteiger partial charge in [-0.25, -0.2) is 0 Å². The first-order chi connectivity index (χ1) is 13.9. The SMILES string of the molecule is CC(=O)OCC(C)(C)COC1=C(C(C)=O)[C@H]2O[C@H](C=C[C@H]2OC(C)=O)[C@H]1OC(C)=O. The van der Waals surface area contributed by atoms with E-state index in [2.05, 4.69) is 0 Å². The molecule has 9 nitrogen and oxygen atoms in total. The van der Waals surface area contributed by atoms with Crippen LogP contribution < -0.4 is 0 Å². The fourth-order valence-electron chi connectivity index (χ4n) is 3.20. The normalized spacial score (nSPS) is 25.4. The lowest BCUT2D eigenvalue weighted by Gasteiger charge is -2.42. The Hall–Kier alpha value is -2.68. The number of carbonyl (C=O) groups excluding carboxylic acids is 4. The molecule has 0 aromatic rings. The third kappa shape index (κ3) is 5.91. The Labute approximate surface area is 175 Å². The van der Waals surface area contributed by atoms with Crippen molar-refractivity contribution in [2.45, 2.75) is 66.0 Å². The summed E-state index contributed by atoms with van der Waals surface area (Å²) in [4.78, 5) is 46.8. The van der Waals surface area contributed by atoms with E-state index in [1.165, 1.54) is 27.7 Å². The number of hydrogen-bond acceptors (Lipinski definition) is 9. The molecule has 0 saturated heterocycles. The molecule has 0 radical (unpaired) electrons. The number of ketones is 1. The number of carbonyl (C=O) groups is 4. The molecular weight excluding hydrogens is 396 g/mol. The minimum atomic E-state index is -0.975. The van der Waals surface area contributed by atoms with Gasteiger partial charge in [0.1, 0.15) is 18.0 Å². The summed E-state index contributed by atoms with van der Waals surface area (Å²) in [5.74, 6) is -1.73. The summed E-state index contributed by atoms with van der Waals surface area (Å²) in [6, 6.07) is 0. The molecule has 4 atom stereocenters. The number of Topliss-reactive ketones (excluding diaryl/α,β-unsaturated/α-hetero) is 1. The van der Waals surface area contributed by atoms with Crippen LogP contribution in [0.3, 0.4) is 0 Å². The Kier molecular flexibility index (Phi) is 7.41. The lowest BCUT2D eigenvalue weighted by atomic mass is 9.88. The first-order valence-electron chi connectivity index (χ1n) is 9.60. The van der Waals surface area contributed by atoms with Gasteiger partial charge in [-0.2, -0.15) is 0 Å². The average Bonchev–Trinajstić information content (AvgIpc) is 2.61. The van der Waals surface area contributed by atoms with Crippen LogP contribution in [-0.4, -0.2) is 61.3 Å². The van der Waals surface area contributed by atoms with Gasteiger partial charge in [0, 0.05) is 26.2 Å². The van der Waals surface area contributed by atoms with E-state index >= 15 is 0 Å². The minimum Gasteiger partial charge on any atom is -0.493 e. The number of esters is 3. The zero-order valence-electron chi connectivity index (χ0n) is 18.1. The van der Waals surface area contributed by atoms with Crippen LogP contribution in [0.1, 0.15) is 41.5 Å². The topological polar surface area (TPSA) is 114 Å². The van der Waals surface area contributed by atoms with Crippen LogP contribution in [0.25, 0.3) is 0 Å². The van der Waals surface area contributed by atoms with E-state index in [4.69, 9.17) is 23.7 Å². The van der Waals surface area contributed by atoms with Crippen LogP contribution in [-0.2, 0) is 42.9 Å². The van der Waals surface area contributed by atoms with E-state index in [1.807, 2.05) is 13.8 Å². The number of rotatable bonds is 8. The highest BCUT2D eigenvalue weighted by atomic mass is 16.6. The Bertz CT molecular complexity index is 777. The zero-order valence-corrected chi connectivity index (χ0v) is 18.1. The summed E-state index contributed by atoms with van der Waals surface area (Å²) in [7, 11) is 0. The van der Waals surface area contributed by atoms with E-state index < -0.39 is 47.7 Å². The van der Waals surface area contributed by atoms with Crippen LogP contribution in [0.2, 0.25) is 0 Å².